The largest absolute Gasteiger partial charge is 0.314 e. The number of nitrogens with zero attached hydrogens (tertiary/aromatic N) is 4. The van der Waals surface area contributed by atoms with Crippen LogP contribution in [0.1, 0.15) is 45.7 Å². The van der Waals surface area contributed by atoms with Crippen LogP contribution in [0, 0.1) is 6.92 Å². The lowest BCUT2D eigenvalue weighted by molar-refractivity contribution is 0.0581. The van der Waals surface area contributed by atoms with Crippen LogP contribution in [-0.2, 0) is 5.75 Å². The molecule has 34 heavy (non-hydrogen) atoms. The van der Waals surface area contributed by atoms with E-state index in [1.54, 1.807) is 19.2 Å². The molecular weight excluding hydrogens is 444 g/mol. The molecule has 2 aliphatic rings. The van der Waals surface area contributed by atoms with Gasteiger partial charge in [0.25, 0.3) is 5.91 Å². The number of amides is 1. The first-order valence-electron chi connectivity index (χ1n) is 11.6. The molecule has 0 radical (unpaired) electrons. The van der Waals surface area contributed by atoms with Crippen LogP contribution < -0.4 is 10.4 Å². The second kappa shape index (κ2) is 8.96. The molecule has 1 amide bonds. The molecule has 3 heterocycles. The molecule has 7 heteroatoms. The summed E-state index contributed by atoms with van der Waals surface area (Å²) >= 11 is 1.85. The number of hydrogen-bond donors (Lipinski definition) is 0. The molecule has 2 aliphatic heterocycles. The van der Waals surface area contributed by atoms with Crippen LogP contribution in [0.4, 0.5) is 0 Å². The molecule has 176 valence electrons. The zero-order valence-corrected chi connectivity index (χ0v) is 20.9. The first kappa shape index (κ1) is 22.7. The van der Waals surface area contributed by atoms with Gasteiger partial charge in [-0.2, -0.15) is 0 Å². The maximum Gasteiger partial charge on any atom is 0.274 e. The average Bonchev–Trinajstić information content (AvgIpc) is 2.98. The number of carbonyl (C=O) groups is 1. The molecule has 0 N–H and O–H groups in total. The average molecular weight is 475 g/mol. The molecule has 0 spiro atoms. The molecule has 2 atom stereocenters. The van der Waals surface area contributed by atoms with Crippen LogP contribution in [0.15, 0.2) is 70.5 Å². The van der Waals surface area contributed by atoms with E-state index in [0.717, 1.165) is 12.3 Å². The van der Waals surface area contributed by atoms with Crippen LogP contribution in [0.3, 0.4) is 0 Å². The predicted octanol–water partition coefficient (Wildman–Crippen LogP) is 3.85. The Bertz CT molecular complexity index is 1250. The van der Waals surface area contributed by atoms with E-state index in [0.29, 0.717) is 17.9 Å². The Kier molecular flexibility index (Phi) is 6.00. The van der Waals surface area contributed by atoms with E-state index in [1.165, 1.54) is 21.6 Å². The number of rotatable bonds is 4. The van der Waals surface area contributed by atoms with Gasteiger partial charge in [0.05, 0.1) is 6.04 Å². The highest BCUT2D eigenvalue weighted by Gasteiger charge is 2.39. The lowest BCUT2D eigenvalue weighted by atomic mass is 9.94. The standard InChI is InChI=1S/C27H30N4O2S/c1-18(15-28(3)4)29-17-31(30-14-13-23(32)19(2)25(30)27(29)33)26-21-10-6-5-9-20(21)16-34-24-12-8-7-11-22(24)26/h5-14,18,26H,15-17H2,1-4H3. The SMILES string of the molecule is Cc1c2n(ccc1=O)N(C1c3ccccc3CSc3ccccc31)CN(C(C)CN(C)C)C2=O. The summed E-state index contributed by atoms with van der Waals surface area (Å²) in [4.78, 5) is 31.6. The molecule has 6 nitrogen and oxygen atoms in total. The van der Waals surface area contributed by atoms with E-state index in [1.807, 2.05) is 35.4 Å². The smallest absolute Gasteiger partial charge is 0.274 e. The Labute approximate surface area is 204 Å². The second-order valence-electron chi connectivity index (χ2n) is 9.39. The van der Waals surface area contributed by atoms with Gasteiger partial charge in [-0.1, -0.05) is 42.5 Å². The number of thioether (sulfide) groups is 1. The summed E-state index contributed by atoms with van der Waals surface area (Å²) in [5.74, 6) is 0.804. The summed E-state index contributed by atoms with van der Waals surface area (Å²) < 4.78 is 1.92. The summed E-state index contributed by atoms with van der Waals surface area (Å²) in [6.07, 6.45) is 1.76. The van der Waals surface area contributed by atoms with Crippen LogP contribution in [0.2, 0.25) is 0 Å². The normalized spacial score (nSPS) is 18.3. The van der Waals surface area contributed by atoms with E-state index >= 15 is 0 Å². The molecule has 1 aromatic heterocycles. The van der Waals surface area contributed by atoms with Gasteiger partial charge in [0.15, 0.2) is 5.43 Å². The molecule has 0 saturated carbocycles. The Balaban J connectivity index is 1.74. The van der Waals surface area contributed by atoms with Gasteiger partial charge in [-0.25, -0.2) is 0 Å². The van der Waals surface area contributed by atoms with Crippen molar-refractivity contribution in [1.29, 1.82) is 0 Å². The van der Waals surface area contributed by atoms with E-state index in [4.69, 9.17) is 0 Å². The molecule has 2 unspecified atom stereocenters. The van der Waals surface area contributed by atoms with E-state index in [9.17, 15) is 9.59 Å². The first-order valence-corrected chi connectivity index (χ1v) is 12.6. The van der Waals surface area contributed by atoms with Gasteiger partial charge in [0.1, 0.15) is 12.4 Å². The Hall–Kier alpha value is -3.03. The van der Waals surface area contributed by atoms with Crippen molar-refractivity contribution in [3.63, 3.8) is 0 Å². The molecule has 3 aromatic rings. The third-order valence-electron chi connectivity index (χ3n) is 6.76. The van der Waals surface area contributed by atoms with Crippen molar-refractivity contribution in [2.24, 2.45) is 0 Å². The first-order chi connectivity index (χ1) is 16.4. The van der Waals surface area contributed by atoms with Gasteiger partial charge in [-0.15, -0.1) is 11.8 Å². The van der Waals surface area contributed by atoms with Crippen molar-refractivity contribution in [3.8, 4) is 0 Å². The summed E-state index contributed by atoms with van der Waals surface area (Å²) in [6.45, 7) is 5.01. The fourth-order valence-corrected chi connectivity index (χ4v) is 6.21. The minimum atomic E-state index is -0.112. The Morgan fingerprint density at radius 1 is 1.03 bits per heavy atom. The van der Waals surface area contributed by atoms with Crippen LogP contribution in [0.25, 0.3) is 0 Å². The number of aromatic nitrogens is 1. The summed E-state index contributed by atoms with van der Waals surface area (Å²) in [5.41, 5.74) is 4.57. The highest BCUT2D eigenvalue weighted by atomic mass is 32.2. The number of likely N-dealkylation sites (N-methyl/N-ethyl adjacent to an activating group) is 1. The van der Waals surface area contributed by atoms with Gasteiger partial charge in [-0.3, -0.25) is 19.3 Å². The lowest BCUT2D eigenvalue weighted by Gasteiger charge is -2.46. The maximum absolute atomic E-state index is 13.7. The minimum absolute atomic E-state index is 0.0147. The maximum atomic E-state index is 13.7. The molecule has 5 rings (SSSR count). The molecule has 0 saturated heterocycles. The van der Waals surface area contributed by atoms with E-state index in [2.05, 4.69) is 65.4 Å². The van der Waals surface area contributed by atoms with Crippen molar-refractivity contribution in [2.45, 2.75) is 36.6 Å². The number of pyridine rings is 1. The molecule has 0 fully saturated rings. The van der Waals surface area contributed by atoms with Crippen LogP contribution in [0.5, 0.6) is 0 Å². The van der Waals surface area contributed by atoms with E-state index in [-0.39, 0.29) is 23.4 Å². The Morgan fingerprint density at radius 3 is 2.50 bits per heavy atom. The number of carbonyl (C=O) groups excluding carboxylic acids is 1. The molecule has 2 aromatic carbocycles. The molecule has 0 bridgehead atoms. The minimum Gasteiger partial charge on any atom is -0.314 e. The fourth-order valence-electron chi connectivity index (χ4n) is 5.11. The fraction of sp³-hybridized carbons (Fsp3) is 0.333. The number of fused-ring (bicyclic) bond motifs is 3. The van der Waals surface area contributed by atoms with Crippen LogP contribution >= 0.6 is 11.8 Å². The van der Waals surface area contributed by atoms with Crippen molar-refractivity contribution >= 4 is 17.7 Å². The number of hydrogen-bond acceptors (Lipinski definition) is 5. The van der Waals surface area contributed by atoms with Gasteiger partial charge in [0.2, 0.25) is 0 Å². The van der Waals surface area contributed by atoms with Crippen molar-refractivity contribution < 1.29 is 4.79 Å². The van der Waals surface area contributed by atoms with Gasteiger partial charge in [0, 0.05) is 41.1 Å². The van der Waals surface area contributed by atoms with Crippen LogP contribution in [-0.4, -0.2) is 53.7 Å². The second-order valence-corrected chi connectivity index (χ2v) is 10.4. The van der Waals surface area contributed by atoms with Crippen molar-refractivity contribution in [3.05, 3.63) is 99.0 Å². The zero-order valence-electron chi connectivity index (χ0n) is 20.1. The summed E-state index contributed by atoms with van der Waals surface area (Å²) in [5, 5.41) is 2.25. The summed E-state index contributed by atoms with van der Waals surface area (Å²) in [7, 11) is 4.03. The third-order valence-corrected chi connectivity index (χ3v) is 7.90. The van der Waals surface area contributed by atoms with E-state index < -0.39 is 0 Å². The molecular formula is C27H30N4O2S. The van der Waals surface area contributed by atoms with Gasteiger partial charge in [-0.05, 0) is 50.7 Å². The van der Waals surface area contributed by atoms with Gasteiger partial charge >= 0.3 is 0 Å². The predicted molar refractivity (Wildman–Crippen MR) is 137 cm³/mol. The topological polar surface area (TPSA) is 48.8 Å². The summed E-state index contributed by atoms with van der Waals surface area (Å²) in [6, 6.07) is 18.6. The Morgan fingerprint density at radius 2 is 1.74 bits per heavy atom. The lowest BCUT2D eigenvalue weighted by Crippen LogP contribution is -2.59. The zero-order chi connectivity index (χ0) is 24.0. The number of benzene rings is 2. The monoisotopic (exact) mass is 474 g/mol. The van der Waals surface area contributed by atoms with Gasteiger partial charge < -0.3 is 9.80 Å². The highest BCUT2D eigenvalue weighted by molar-refractivity contribution is 7.98. The van der Waals surface area contributed by atoms with Crippen molar-refractivity contribution in [1.82, 2.24) is 14.5 Å². The third kappa shape index (κ3) is 3.83. The molecule has 0 aliphatic carbocycles. The quantitative estimate of drug-likeness (QED) is 0.575. The van der Waals surface area contributed by atoms with Crippen molar-refractivity contribution in [2.75, 3.05) is 32.3 Å². The highest BCUT2D eigenvalue weighted by Crippen LogP contribution is 2.42.